The molecule has 0 radical (unpaired) electrons. The molecule has 2 aromatic carbocycles. The van der Waals surface area contributed by atoms with Gasteiger partial charge in [0.05, 0.1) is 18.6 Å². The molecule has 0 saturated carbocycles. The van der Waals surface area contributed by atoms with E-state index in [-0.39, 0.29) is 23.1 Å². The van der Waals surface area contributed by atoms with Gasteiger partial charge in [0.2, 0.25) is 0 Å². The molecule has 0 unspecified atom stereocenters. The van der Waals surface area contributed by atoms with Gasteiger partial charge in [-0.3, -0.25) is 4.79 Å². The van der Waals surface area contributed by atoms with Crippen LogP contribution in [0.25, 0.3) is 33.3 Å². The van der Waals surface area contributed by atoms with Gasteiger partial charge in [-0.15, -0.1) is 0 Å². The molecular weight excluding hydrogens is 479 g/mol. The fraction of sp³-hybridized carbons (Fsp3) is 0.355. The third kappa shape index (κ3) is 4.01. The molecule has 5 heterocycles. The van der Waals surface area contributed by atoms with Crippen LogP contribution >= 0.6 is 0 Å². The monoisotopic (exact) mass is 510 g/mol. The number of ether oxygens (including phenoxy) is 1. The summed E-state index contributed by atoms with van der Waals surface area (Å²) in [5.74, 6) is 0.216. The smallest absolute Gasteiger partial charge is 0.253 e. The third-order valence-electron chi connectivity index (χ3n) is 8.62. The largest absolute Gasteiger partial charge is 0.380 e. The van der Waals surface area contributed by atoms with Gasteiger partial charge in [0.1, 0.15) is 11.5 Å². The number of nitrogens with one attached hydrogen (secondary N) is 1. The van der Waals surface area contributed by atoms with Gasteiger partial charge in [-0.05, 0) is 79.9 Å². The van der Waals surface area contributed by atoms with Crippen molar-refractivity contribution in [2.45, 2.75) is 18.8 Å². The van der Waals surface area contributed by atoms with Gasteiger partial charge in [-0.25, -0.2) is 9.37 Å². The standard InChI is InChI=1S/C31H31FN4O2/c1-35-10-8-21(9-11-35)25-7-6-23(13-28(25)32)24-12-26-27(15-34-29(26)33-14-24)20-2-4-22(5-3-20)30(37)36-16-31(17-36)18-38-19-31/h2-7,12-15,21H,8-11,16-19H2,1H3,(H,33,34). The molecular formula is C31H31FN4O2. The van der Waals surface area contributed by atoms with Gasteiger partial charge in [-0.2, -0.15) is 0 Å². The molecule has 1 amide bonds. The summed E-state index contributed by atoms with van der Waals surface area (Å²) >= 11 is 0. The van der Waals surface area contributed by atoms with Crippen LogP contribution < -0.4 is 0 Å². The van der Waals surface area contributed by atoms with Crippen LogP contribution in [0.1, 0.15) is 34.7 Å². The highest BCUT2D eigenvalue weighted by atomic mass is 19.1. The lowest BCUT2D eigenvalue weighted by Crippen LogP contribution is -2.67. The average molecular weight is 511 g/mol. The normalized spacial score (nSPS) is 19.5. The highest BCUT2D eigenvalue weighted by molar-refractivity contribution is 5.98. The number of carbonyl (C=O) groups is 1. The van der Waals surface area contributed by atoms with E-state index >= 15 is 4.39 Å². The lowest BCUT2D eigenvalue weighted by atomic mass is 9.78. The Morgan fingerprint density at radius 1 is 1.03 bits per heavy atom. The predicted molar refractivity (Wildman–Crippen MR) is 146 cm³/mol. The van der Waals surface area contributed by atoms with Crippen molar-refractivity contribution in [2.75, 3.05) is 46.4 Å². The first-order valence-corrected chi connectivity index (χ1v) is 13.4. The predicted octanol–water partition coefficient (Wildman–Crippen LogP) is 5.32. The summed E-state index contributed by atoms with van der Waals surface area (Å²) in [7, 11) is 2.12. The van der Waals surface area contributed by atoms with Gasteiger partial charge in [0, 0.05) is 47.6 Å². The van der Waals surface area contributed by atoms with Gasteiger partial charge in [0.15, 0.2) is 0 Å². The number of aromatic nitrogens is 2. The van der Waals surface area contributed by atoms with Crippen molar-refractivity contribution < 1.29 is 13.9 Å². The molecule has 194 valence electrons. The number of hydrogen-bond donors (Lipinski definition) is 1. The number of nitrogens with zero attached hydrogens (tertiary/aromatic N) is 3. The maximum absolute atomic E-state index is 15.2. The lowest BCUT2D eigenvalue weighted by molar-refractivity contribution is -0.176. The molecule has 7 heteroatoms. The third-order valence-corrected chi connectivity index (χ3v) is 8.62. The second-order valence-electron chi connectivity index (χ2n) is 11.4. The molecule has 0 atom stereocenters. The minimum absolute atomic E-state index is 0.0719. The molecule has 1 spiro atoms. The van der Waals surface area contributed by atoms with E-state index in [1.54, 1.807) is 12.3 Å². The van der Waals surface area contributed by atoms with Crippen molar-refractivity contribution in [3.63, 3.8) is 0 Å². The first-order chi connectivity index (χ1) is 18.5. The van der Waals surface area contributed by atoms with Crippen LogP contribution in [0, 0.1) is 11.2 Å². The molecule has 2 aromatic heterocycles. The van der Waals surface area contributed by atoms with Crippen molar-refractivity contribution in [3.05, 3.63) is 77.9 Å². The van der Waals surface area contributed by atoms with E-state index in [4.69, 9.17) is 4.74 Å². The first-order valence-electron chi connectivity index (χ1n) is 13.4. The molecule has 0 bridgehead atoms. The lowest BCUT2D eigenvalue weighted by Gasteiger charge is -2.54. The molecule has 0 aliphatic carbocycles. The maximum Gasteiger partial charge on any atom is 0.253 e. The van der Waals surface area contributed by atoms with Crippen molar-refractivity contribution in [1.29, 1.82) is 0 Å². The van der Waals surface area contributed by atoms with Gasteiger partial charge < -0.3 is 19.5 Å². The molecule has 6 nitrogen and oxygen atoms in total. The number of amides is 1. The zero-order valence-corrected chi connectivity index (χ0v) is 21.5. The second-order valence-corrected chi connectivity index (χ2v) is 11.4. The first kappa shape index (κ1) is 23.6. The molecule has 3 saturated heterocycles. The quantitative estimate of drug-likeness (QED) is 0.404. The Balaban J connectivity index is 1.12. The number of H-pyrrole nitrogens is 1. The number of fused-ring (bicyclic) bond motifs is 1. The van der Waals surface area contributed by atoms with Gasteiger partial charge in [-0.1, -0.05) is 24.3 Å². The molecule has 7 rings (SSSR count). The van der Waals surface area contributed by atoms with Crippen molar-refractivity contribution in [2.24, 2.45) is 5.41 Å². The minimum atomic E-state index is -0.135. The van der Waals surface area contributed by atoms with Crippen LogP contribution in [0.5, 0.6) is 0 Å². The fourth-order valence-corrected chi connectivity index (χ4v) is 6.21. The second kappa shape index (κ2) is 9.03. The number of hydrogen-bond acceptors (Lipinski definition) is 4. The maximum atomic E-state index is 15.2. The summed E-state index contributed by atoms with van der Waals surface area (Å²) < 4.78 is 20.5. The fourth-order valence-electron chi connectivity index (χ4n) is 6.21. The Morgan fingerprint density at radius 2 is 1.76 bits per heavy atom. The van der Waals surface area contributed by atoms with Crippen molar-refractivity contribution in [1.82, 2.24) is 19.8 Å². The number of likely N-dealkylation sites (tertiary alicyclic amines) is 2. The summed E-state index contributed by atoms with van der Waals surface area (Å²) in [5.41, 5.74) is 6.22. The molecule has 3 fully saturated rings. The Labute approximate surface area is 221 Å². The van der Waals surface area contributed by atoms with E-state index in [0.717, 1.165) is 91.1 Å². The summed E-state index contributed by atoms with van der Waals surface area (Å²) in [6, 6.07) is 15.5. The molecule has 3 aliphatic heterocycles. The van der Waals surface area contributed by atoms with E-state index < -0.39 is 0 Å². The Morgan fingerprint density at radius 3 is 2.45 bits per heavy atom. The molecule has 4 aromatic rings. The number of carbonyl (C=O) groups excluding carboxylic acids is 1. The number of piperidine rings is 1. The summed E-state index contributed by atoms with van der Waals surface area (Å²) in [6.45, 7) is 5.11. The van der Waals surface area contributed by atoms with Gasteiger partial charge >= 0.3 is 0 Å². The number of aromatic amines is 1. The number of halogens is 1. The van der Waals surface area contributed by atoms with E-state index in [2.05, 4.69) is 28.0 Å². The van der Waals surface area contributed by atoms with Crippen LogP contribution in [-0.2, 0) is 4.74 Å². The van der Waals surface area contributed by atoms with Crippen LogP contribution in [0.3, 0.4) is 0 Å². The van der Waals surface area contributed by atoms with Crippen LogP contribution in [0.4, 0.5) is 4.39 Å². The molecule has 1 N–H and O–H groups in total. The Kier molecular flexibility index (Phi) is 5.60. The van der Waals surface area contributed by atoms with Crippen LogP contribution in [-0.4, -0.2) is 72.1 Å². The summed E-state index contributed by atoms with van der Waals surface area (Å²) in [6.07, 6.45) is 5.72. The SMILES string of the molecule is CN1CCC(c2ccc(-c3cnc4[nH]cc(-c5ccc(C(=O)N6CC7(COC7)C6)cc5)c4c3)cc2F)CC1. The number of benzene rings is 2. The topological polar surface area (TPSA) is 61.5 Å². The number of rotatable bonds is 4. The average Bonchev–Trinajstić information content (AvgIpc) is 3.31. The van der Waals surface area contributed by atoms with Crippen molar-refractivity contribution in [3.8, 4) is 22.3 Å². The molecule has 38 heavy (non-hydrogen) atoms. The van der Waals surface area contributed by atoms with Crippen LogP contribution in [0.2, 0.25) is 0 Å². The summed E-state index contributed by atoms with van der Waals surface area (Å²) in [5, 5.41) is 0.969. The summed E-state index contributed by atoms with van der Waals surface area (Å²) in [4.78, 5) is 24.9. The zero-order chi connectivity index (χ0) is 25.9. The zero-order valence-electron chi connectivity index (χ0n) is 21.5. The minimum Gasteiger partial charge on any atom is -0.380 e. The van der Waals surface area contributed by atoms with E-state index in [1.807, 2.05) is 47.5 Å². The number of pyridine rings is 1. The van der Waals surface area contributed by atoms with Crippen molar-refractivity contribution >= 4 is 16.9 Å². The highest BCUT2D eigenvalue weighted by Crippen LogP contribution is 2.39. The Hall–Kier alpha value is -3.55. The molecule has 3 aliphatic rings. The van der Waals surface area contributed by atoms with Crippen LogP contribution in [0.15, 0.2) is 60.9 Å². The van der Waals surface area contributed by atoms with E-state index in [9.17, 15) is 4.79 Å². The van der Waals surface area contributed by atoms with Gasteiger partial charge in [0.25, 0.3) is 5.91 Å². The highest BCUT2D eigenvalue weighted by Gasteiger charge is 2.50. The van der Waals surface area contributed by atoms with E-state index in [0.29, 0.717) is 5.56 Å². The van der Waals surface area contributed by atoms with E-state index in [1.165, 1.54) is 0 Å². The Bertz CT molecular complexity index is 1510.